The molecular weight excluding hydrogens is 291 g/mol. The lowest BCUT2D eigenvalue weighted by Gasteiger charge is -2.16. The molecule has 0 fully saturated rings. The molecule has 8 heteroatoms. The monoisotopic (exact) mass is 303 g/mol. The SMILES string of the molecule is N=Cc1cc(C(F)(F)F)c(OC/C(N)=C/C=S)cc1N. The standard InChI is InChI=1S/C12H12F3N3OS/c13-12(14,15)9-3-7(5-16)10(18)4-11(9)19-6-8(17)1-2-20/h1-5,16H,6,17-18H2/b8-1-,16-5?. The summed E-state index contributed by atoms with van der Waals surface area (Å²) >= 11 is 4.54. The van der Waals surface area contributed by atoms with Crippen LogP contribution >= 0.6 is 12.2 Å². The predicted octanol–water partition coefficient (Wildman–Crippen LogP) is 2.51. The van der Waals surface area contributed by atoms with Gasteiger partial charge >= 0.3 is 6.18 Å². The van der Waals surface area contributed by atoms with E-state index in [-0.39, 0.29) is 23.6 Å². The maximum Gasteiger partial charge on any atom is 0.419 e. The zero-order chi connectivity index (χ0) is 15.3. The molecule has 0 aliphatic carbocycles. The molecule has 5 N–H and O–H groups in total. The van der Waals surface area contributed by atoms with Crippen LogP contribution in [0.2, 0.25) is 0 Å². The fraction of sp³-hybridized carbons (Fsp3) is 0.167. The molecule has 0 unspecified atom stereocenters. The number of halogens is 3. The van der Waals surface area contributed by atoms with Crippen molar-refractivity contribution in [2.75, 3.05) is 12.3 Å². The van der Waals surface area contributed by atoms with Crippen molar-refractivity contribution in [3.05, 3.63) is 35.0 Å². The van der Waals surface area contributed by atoms with Crippen LogP contribution in [0.5, 0.6) is 5.75 Å². The molecule has 0 radical (unpaired) electrons. The second-order valence-electron chi connectivity index (χ2n) is 3.79. The number of nitrogen functional groups attached to an aromatic ring is 1. The van der Waals surface area contributed by atoms with Gasteiger partial charge in [-0.15, -0.1) is 0 Å². The summed E-state index contributed by atoms with van der Waals surface area (Å²) in [5.41, 5.74) is 10.2. The van der Waals surface area contributed by atoms with Gasteiger partial charge in [0.2, 0.25) is 0 Å². The maximum absolute atomic E-state index is 12.9. The number of alkyl halides is 3. The number of anilines is 1. The highest BCUT2D eigenvalue weighted by atomic mass is 32.1. The molecule has 0 aliphatic rings. The molecule has 0 amide bonds. The van der Waals surface area contributed by atoms with Crippen LogP contribution in [0.3, 0.4) is 0 Å². The van der Waals surface area contributed by atoms with Crippen molar-refractivity contribution in [3.8, 4) is 5.75 Å². The Morgan fingerprint density at radius 3 is 2.55 bits per heavy atom. The van der Waals surface area contributed by atoms with Crippen LogP contribution < -0.4 is 16.2 Å². The summed E-state index contributed by atoms with van der Waals surface area (Å²) in [6.07, 6.45) is -2.53. The number of nitrogens with two attached hydrogens (primary N) is 2. The number of nitrogens with one attached hydrogen (secondary N) is 1. The van der Waals surface area contributed by atoms with Crippen LogP contribution in [0.1, 0.15) is 11.1 Å². The molecule has 20 heavy (non-hydrogen) atoms. The lowest BCUT2D eigenvalue weighted by Crippen LogP contribution is -2.14. The van der Waals surface area contributed by atoms with E-state index in [1.807, 2.05) is 0 Å². The average Bonchev–Trinajstić information content (AvgIpc) is 2.35. The third-order valence-corrected chi connectivity index (χ3v) is 2.46. The predicted molar refractivity (Wildman–Crippen MR) is 75.2 cm³/mol. The van der Waals surface area contributed by atoms with E-state index in [1.54, 1.807) is 0 Å². The number of ether oxygens (including phenoxy) is 1. The van der Waals surface area contributed by atoms with Crippen molar-refractivity contribution in [1.82, 2.24) is 0 Å². The van der Waals surface area contributed by atoms with Gasteiger partial charge in [-0.3, -0.25) is 0 Å². The first-order chi connectivity index (χ1) is 9.29. The molecule has 1 rings (SSSR count). The highest BCUT2D eigenvalue weighted by molar-refractivity contribution is 7.79. The number of hydrogen-bond acceptors (Lipinski definition) is 5. The molecule has 0 saturated carbocycles. The van der Waals surface area contributed by atoms with Gasteiger partial charge < -0.3 is 21.6 Å². The van der Waals surface area contributed by atoms with E-state index in [9.17, 15) is 13.2 Å². The summed E-state index contributed by atoms with van der Waals surface area (Å²) in [7, 11) is 0. The summed E-state index contributed by atoms with van der Waals surface area (Å²) in [5, 5.41) is 8.26. The molecule has 1 aromatic rings. The Kier molecular flexibility index (Phi) is 5.09. The zero-order valence-corrected chi connectivity index (χ0v) is 11.0. The molecule has 0 aliphatic heterocycles. The van der Waals surface area contributed by atoms with Crippen molar-refractivity contribution in [3.63, 3.8) is 0 Å². The number of thiocarbonyl (C=S) groups is 1. The van der Waals surface area contributed by atoms with Gasteiger partial charge in [-0.2, -0.15) is 13.2 Å². The Bertz CT molecular complexity index is 556. The van der Waals surface area contributed by atoms with Crippen LogP contribution in [-0.2, 0) is 6.18 Å². The Balaban J connectivity index is 3.17. The molecule has 108 valence electrons. The Morgan fingerprint density at radius 2 is 2.05 bits per heavy atom. The molecule has 0 spiro atoms. The third kappa shape index (κ3) is 3.95. The smallest absolute Gasteiger partial charge is 0.419 e. The fourth-order valence-electron chi connectivity index (χ4n) is 1.37. The average molecular weight is 303 g/mol. The van der Waals surface area contributed by atoms with Gasteiger partial charge in [0, 0.05) is 34.6 Å². The first kappa shape index (κ1) is 16.0. The van der Waals surface area contributed by atoms with Crippen molar-refractivity contribution < 1.29 is 17.9 Å². The van der Waals surface area contributed by atoms with Gasteiger partial charge in [-0.05, 0) is 12.1 Å². The molecule has 0 bridgehead atoms. The topological polar surface area (TPSA) is 85.1 Å². The van der Waals surface area contributed by atoms with Crippen LogP contribution in [0.25, 0.3) is 0 Å². The van der Waals surface area contributed by atoms with Crippen LogP contribution in [0, 0.1) is 5.41 Å². The van der Waals surface area contributed by atoms with Crippen molar-refractivity contribution in [2.45, 2.75) is 6.18 Å². The highest BCUT2D eigenvalue weighted by Gasteiger charge is 2.35. The van der Waals surface area contributed by atoms with Crippen LogP contribution in [0.15, 0.2) is 23.9 Å². The van der Waals surface area contributed by atoms with Gasteiger partial charge in [-0.25, -0.2) is 0 Å². The Hall–Kier alpha value is -2.09. The minimum Gasteiger partial charge on any atom is -0.487 e. The lowest BCUT2D eigenvalue weighted by molar-refractivity contribution is -0.138. The van der Waals surface area contributed by atoms with Crippen molar-refractivity contribution in [1.29, 1.82) is 5.41 Å². The largest absolute Gasteiger partial charge is 0.487 e. The minimum atomic E-state index is -4.62. The van der Waals surface area contributed by atoms with E-state index >= 15 is 0 Å². The summed E-state index contributed by atoms with van der Waals surface area (Å²) < 4.78 is 43.7. The molecule has 1 aromatic carbocycles. The second-order valence-corrected chi connectivity index (χ2v) is 4.06. The first-order valence-electron chi connectivity index (χ1n) is 5.33. The van der Waals surface area contributed by atoms with E-state index in [0.29, 0.717) is 0 Å². The summed E-state index contributed by atoms with van der Waals surface area (Å²) in [6.45, 7) is -0.250. The summed E-state index contributed by atoms with van der Waals surface area (Å²) in [4.78, 5) is 0. The number of hydrogen-bond donors (Lipinski definition) is 3. The zero-order valence-electron chi connectivity index (χ0n) is 10.2. The van der Waals surface area contributed by atoms with Gasteiger partial charge in [0.15, 0.2) is 0 Å². The van der Waals surface area contributed by atoms with Crippen molar-refractivity contribution in [2.24, 2.45) is 5.73 Å². The number of rotatable bonds is 5. The second kappa shape index (κ2) is 6.38. The Morgan fingerprint density at radius 1 is 1.40 bits per heavy atom. The van der Waals surface area contributed by atoms with Gasteiger partial charge in [0.1, 0.15) is 12.4 Å². The third-order valence-electron chi connectivity index (χ3n) is 2.32. The van der Waals surface area contributed by atoms with Crippen molar-refractivity contribution >= 4 is 29.5 Å². The van der Waals surface area contributed by atoms with Gasteiger partial charge in [0.25, 0.3) is 0 Å². The number of allylic oxidation sites excluding steroid dienone is 1. The molecule has 0 heterocycles. The molecular formula is C12H12F3N3OS. The van der Waals surface area contributed by atoms with E-state index in [4.69, 9.17) is 21.6 Å². The van der Waals surface area contributed by atoms with Crippen LogP contribution in [0.4, 0.5) is 18.9 Å². The Labute approximate surface area is 118 Å². The van der Waals surface area contributed by atoms with E-state index in [0.717, 1.165) is 18.3 Å². The first-order valence-corrected chi connectivity index (χ1v) is 5.80. The molecule has 0 saturated heterocycles. The maximum atomic E-state index is 12.9. The van der Waals surface area contributed by atoms with Gasteiger partial charge in [0.05, 0.1) is 5.56 Å². The summed E-state index contributed by atoms with van der Waals surface area (Å²) in [5.74, 6) is -0.443. The fourth-order valence-corrected chi connectivity index (χ4v) is 1.55. The van der Waals surface area contributed by atoms with Crippen LogP contribution in [-0.4, -0.2) is 18.2 Å². The number of benzene rings is 1. The normalized spacial score (nSPS) is 12.1. The molecule has 0 aromatic heterocycles. The van der Waals surface area contributed by atoms with E-state index in [1.165, 1.54) is 11.4 Å². The quantitative estimate of drug-likeness (QED) is 0.338. The minimum absolute atomic E-state index is 0.0142. The highest BCUT2D eigenvalue weighted by Crippen LogP contribution is 2.38. The van der Waals surface area contributed by atoms with E-state index in [2.05, 4.69) is 12.2 Å². The molecule has 4 nitrogen and oxygen atoms in total. The van der Waals surface area contributed by atoms with E-state index < -0.39 is 17.5 Å². The van der Waals surface area contributed by atoms with Gasteiger partial charge in [-0.1, -0.05) is 12.2 Å². The molecule has 0 atom stereocenters. The lowest BCUT2D eigenvalue weighted by atomic mass is 10.1. The summed E-state index contributed by atoms with van der Waals surface area (Å²) in [6, 6.07) is 1.78.